The molecule has 0 aliphatic carbocycles. The quantitative estimate of drug-likeness (QED) is 0.804. The van der Waals surface area contributed by atoms with Crippen LogP contribution in [-0.4, -0.2) is 20.7 Å². The van der Waals surface area contributed by atoms with E-state index in [4.69, 9.17) is 4.42 Å². The van der Waals surface area contributed by atoms with Crippen molar-refractivity contribution in [3.05, 3.63) is 52.7 Å². The molecule has 0 aromatic carbocycles. The standard InChI is InChI=1S/C14H14N4O2S/c1-9-10(2)21-14(16-9)17-13(19)12-5-4-11(20-12)8-18-7-3-6-15-18/h3-7H,8H2,1-2H3,(H,16,17,19). The zero-order valence-electron chi connectivity index (χ0n) is 11.7. The van der Waals surface area contributed by atoms with Crippen LogP contribution in [-0.2, 0) is 6.54 Å². The molecule has 0 saturated carbocycles. The summed E-state index contributed by atoms with van der Waals surface area (Å²) in [5.74, 6) is 0.647. The van der Waals surface area contributed by atoms with E-state index in [9.17, 15) is 4.79 Å². The Bertz CT molecular complexity index is 738. The Morgan fingerprint density at radius 1 is 1.43 bits per heavy atom. The predicted octanol–water partition coefficient (Wildman–Crippen LogP) is 2.85. The molecule has 7 heteroatoms. The van der Waals surface area contributed by atoms with Crippen LogP contribution in [0.5, 0.6) is 0 Å². The minimum atomic E-state index is -0.296. The molecule has 3 rings (SSSR count). The number of nitrogens with zero attached hydrogens (tertiary/aromatic N) is 3. The van der Waals surface area contributed by atoms with E-state index in [0.717, 1.165) is 10.6 Å². The summed E-state index contributed by atoms with van der Waals surface area (Å²) in [6, 6.07) is 5.26. The van der Waals surface area contributed by atoms with E-state index in [2.05, 4.69) is 15.4 Å². The third kappa shape index (κ3) is 3.03. The molecule has 0 aliphatic heterocycles. The number of rotatable bonds is 4. The lowest BCUT2D eigenvalue weighted by Crippen LogP contribution is -2.10. The van der Waals surface area contributed by atoms with Crippen molar-refractivity contribution in [1.82, 2.24) is 14.8 Å². The zero-order valence-corrected chi connectivity index (χ0v) is 12.5. The maximum atomic E-state index is 12.1. The number of carbonyl (C=O) groups excluding carboxylic acids is 1. The number of aromatic nitrogens is 3. The number of nitrogens with one attached hydrogen (secondary N) is 1. The molecule has 3 heterocycles. The molecular formula is C14H14N4O2S. The summed E-state index contributed by atoms with van der Waals surface area (Å²) in [5, 5.41) is 7.42. The summed E-state index contributed by atoms with van der Waals surface area (Å²) >= 11 is 1.45. The Morgan fingerprint density at radius 2 is 2.29 bits per heavy atom. The predicted molar refractivity (Wildman–Crippen MR) is 79.6 cm³/mol. The van der Waals surface area contributed by atoms with E-state index in [0.29, 0.717) is 17.4 Å². The van der Waals surface area contributed by atoms with Crippen molar-refractivity contribution in [3.8, 4) is 0 Å². The number of hydrogen-bond acceptors (Lipinski definition) is 5. The Hall–Kier alpha value is -2.41. The van der Waals surface area contributed by atoms with Gasteiger partial charge in [-0.15, -0.1) is 11.3 Å². The summed E-state index contributed by atoms with van der Waals surface area (Å²) in [6.45, 7) is 4.38. The fourth-order valence-electron chi connectivity index (χ4n) is 1.82. The van der Waals surface area contributed by atoms with E-state index >= 15 is 0 Å². The first-order valence-electron chi connectivity index (χ1n) is 6.43. The average Bonchev–Trinajstić information content (AvgIpc) is 3.14. The van der Waals surface area contributed by atoms with Gasteiger partial charge < -0.3 is 4.42 Å². The molecule has 0 atom stereocenters. The molecule has 3 aromatic heterocycles. The van der Waals surface area contributed by atoms with Crippen molar-refractivity contribution in [2.45, 2.75) is 20.4 Å². The van der Waals surface area contributed by atoms with Crippen molar-refractivity contribution < 1.29 is 9.21 Å². The second kappa shape index (κ2) is 5.53. The van der Waals surface area contributed by atoms with Gasteiger partial charge in [0.15, 0.2) is 10.9 Å². The lowest BCUT2D eigenvalue weighted by Gasteiger charge is -1.99. The fraction of sp³-hybridized carbons (Fsp3) is 0.214. The second-order valence-corrected chi connectivity index (χ2v) is 5.79. The van der Waals surface area contributed by atoms with Gasteiger partial charge in [0.1, 0.15) is 5.76 Å². The van der Waals surface area contributed by atoms with Gasteiger partial charge in [0.2, 0.25) is 0 Å². The molecule has 0 saturated heterocycles. The summed E-state index contributed by atoms with van der Waals surface area (Å²) in [6.07, 6.45) is 3.53. The van der Waals surface area contributed by atoms with Gasteiger partial charge >= 0.3 is 0 Å². The Labute approximate surface area is 125 Å². The molecule has 0 bridgehead atoms. The summed E-state index contributed by atoms with van der Waals surface area (Å²) in [4.78, 5) is 17.5. The summed E-state index contributed by atoms with van der Waals surface area (Å²) < 4.78 is 7.26. The van der Waals surface area contributed by atoms with E-state index in [1.807, 2.05) is 26.1 Å². The van der Waals surface area contributed by atoms with Crippen LogP contribution in [0.25, 0.3) is 0 Å². The average molecular weight is 302 g/mol. The first-order valence-corrected chi connectivity index (χ1v) is 7.25. The monoisotopic (exact) mass is 302 g/mol. The van der Waals surface area contributed by atoms with Crippen LogP contribution >= 0.6 is 11.3 Å². The Balaban J connectivity index is 1.69. The van der Waals surface area contributed by atoms with E-state index in [1.54, 1.807) is 23.0 Å². The van der Waals surface area contributed by atoms with Gasteiger partial charge in [-0.05, 0) is 32.0 Å². The molecule has 0 aliphatic rings. The molecular weight excluding hydrogens is 288 g/mol. The van der Waals surface area contributed by atoms with Gasteiger partial charge in [0.25, 0.3) is 5.91 Å². The fourth-order valence-corrected chi connectivity index (χ4v) is 2.63. The molecule has 6 nitrogen and oxygen atoms in total. The van der Waals surface area contributed by atoms with Crippen molar-refractivity contribution in [2.75, 3.05) is 5.32 Å². The highest BCUT2D eigenvalue weighted by atomic mass is 32.1. The highest BCUT2D eigenvalue weighted by Gasteiger charge is 2.14. The van der Waals surface area contributed by atoms with Gasteiger partial charge in [0.05, 0.1) is 12.2 Å². The van der Waals surface area contributed by atoms with Crippen LogP contribution in [0, 0.1) is 13.8 Å². The SMILES string of the molecule is Cc1nc(NC(=O)c2ccc(Cn3cccn3)o2)sc1C. The van der Waals surface area contributed by atoms with E-state index in [-0.39, 0.29) is 11.7 Å². The number of furan rings is 1. The van der Waals surface area contributed by atoms with Crippen LogP contribution in [0.3, 0.4) is 0 Å². The third-order valence-electron chi connectivity index (χ3n) is 3.01. The molecule has 3 aromatic rings. The van der Waals surface area contributed by atoms with Crippen molar-refractivity contribution in [2.24, 2.45) is 0 Å². The smallest absolute Gasteiger partial charge is 0.293 e. The minimum absolute atomic E-state index is 0.266. The van der Waals surface area contributed by atoms with Crippen LogP contribution in [0.4, 0.5) is 5.13 Å². The Kier molecular flexibility index (Phi) is 3.57. The van der Waals surface area contributed by atoms with Gasteiger partial charge in [0, 0.05) is 17.3 Å². The van der Waals surface area contributed by atoms with Crippen LogP contribution in [0.15, 0.2) is 35.0 Å². The highest BCUT2D eigenvalue weighted by molar-refractivity contribution is 7.15. The maximum absolute atomic E-state index is 12.1. The molecule has 108 valence electrons. The van der Waals surface area contributed by atoms with Crippen LogP contribution < -0.4 is 5.32 Å². The van der Waals surface area contributed by atoms with E-state index in [1.165, 1.54) is 11.3 Å². The van der Waals surface area contributed by atoms with Crippen molar-refractivity contribution >= 4 is 22.4 Å². The number of hydrogen-bond donors (Lipinski definition) is 1. The zero-order chi connectivity index (χ0) is 14.8. The number of anilines is 1. The van der Waals surface area contributed by atoms with E-state index < -0.39 is 0 Å². The topological polar surface area (TPSA) is 73.0 Å². The first-order chi connectivity index (χ1) is 10.1. The van der Waals surface area contributed by atoms with Crippen LogP contribution in [0.2, 0.25) is 0 Å². The third-order valence-corrected chi connectivity index (χ3v) is 4.00. The largest absolute Gasteiger partial charge is 0.454 e. The molecule has 1 amide bonds. The molecule has 1 N–H and O–H groups in total. The van der Waals surface area contributed by atoms with Gasteiger partial charge in [-0.1, -0.05) is 0 Å². The van der Waals surface area contributed by atoms with Gasteiger partial charge in [-0.25, -0.2) is 4.98 Å². The molecule has 0 fully saturated rings. The van der Waals surface area contributed by atoms with Gasteiger partial charge in [-0.2, -0.15) is 5.10 Å². The van der Waals surface area contributed by atoms with Crippen molar-refractivity contribution in [3.63, 3.8) is 0 Å². The van der Waals surface area contributed by atoms with Crippen molar-refractivity contribution in [1.29, 1.82) is 0 Å². The maximum Gasteiger partial charge on any atom is 0.293 e. The molecule has 21 heavy (non-hydrogen) atoms. The molecule has 0 unspecified atom stereocenters. The van der Waals surface area contributed by atoms with Gasteiger partial charge in [-0.3, -0.25) is 14.8 Å². The van der Waals surface area contributed by atoms with Crippen LogP contribution in [0.1, 0.15) is 26.9 Å². The highest BCUT2D eigenvalue weighted by Crippen LogP contribution is 2.22. The summed E-state index contributed by atoms with van der Waals surface area (Å²) in [5.41, 5.74) is 0.925. The normalized spacial score (nSPS) is 10.8. The number of aryl methyl sites for hydroxylation is 2. The number of thiazole rings is 1. The lowest BCUT2D eigenvalue weighted by molar-refractivity contribution is 0.0994. The lowest BCUT2D eigenvalue weighted by atomic mass is 10.4. The summed E-state index contributed by atoms with van der Waals surface area (Å²) in [7, 11) is 0. The minimum Gasteiger partial charge on any atom is -0.454 e. The number of amides is 1. The Morgan fingerprint density at radius 3 is 2.95 bits per heavy atom. The molecule has 0 spiro atoms. The number of carbonyl (C=O) groups is 1. The second-order valence-electron chi connectivity index (χ2n) is 4.58. The first kappa shape index (κ1) is 13.6. The molecule has 0 radical (unpaired) electrons.